The number of fused-ring (bicyclic) bond motifs is 2. The molecule has 0 amide bonds. The zero-order valence-corrected chi connectivity index (χ0v) is 24.4. The number of nitrogens with zero attached hydrogens (tertiary/aromatic N) is 6. The zero-order chi connectivity index (χ0) is 28.4. The maximum atomic E-state index is 14.4. The summed E-state index contributed by atoms with van der Waals surface area (Å²) in [4.78, 5) is 18.8. The van der Waals surface area contributed by atoms with Crippen molar-refractivity contribution in [2.75, 3.05) is 6.54 Å². The van der Waals surface area contributed by atoms with Crippen molar-refractivity contribution in [2.45, 2.75) is 49.6 Å². The highest BCUT2D eigenvalue weighted by Gasteiger charge is 2.52. The summed E-state index contributed by atoms with van der Waals surface area (Å²) in [6.07, 6.45) is 12.0. The van der Waals surface area contributed by atoms with E-state index < -0.39 is 15.1 Å². The van der Waals surface area contributed by atoms with Gasteiger partial charge in [-0.05, 0) is 92.3 Å². The molecule has 3 aliphatic rings. The molecule has 4 aromatic rings. The van der Waals surface area contributed by atoms with Crippen LogP contribution in [0.4, 0.5) is 4.39 Å². The van der Waals surface area contributed by atoms with Gasteiger partial charge in [0.15, 0.2) is 10.0 Å². The summed E-state index contributed by atoms with van der Waals surface area (Å²) < 4.78 is 33.6. The molecule has 41 heavy (non-hydrogen) atoms. The number of carbonyl (C=O) groups excluding carboxylic acids is 1. The van der Waals surface area contributed by atoms with Crippen LogP contribution in [0.1, 0.15) is 53.2 Å². The summed E-state index contributed by atoms with van der Waals surface area (Å²) in [5.41, 5.74) is 2.85. The van der Waals surface area contributed by atoms with E-state index in [4.69, 9.17) is 0 Å². The number of halogens is 1. The topological polar surface area (TPSA) is 85.9 Å². The fraction of sp³-hybridized carbons (Fsp3) is 0.367. The minimum absolute atomic E-state index is 0.00315. The molecular formula is C30H31FN6O2S2. The number of allylic oxidation sites excluding steroid dienone is 1. The van der Waals surface area contributed by atoms with E-state index in [1.807, 2.05) is 23.3 Å². The number of aryl methyl sites for hydroxylation is 1. The Hall–Kier alpha value is -3.41. The smallest absolute Gasteiger partial charge is 0.201 e. The third kappa shape index (κ3) is 4.60. The van der Waals surface area contributed by atoms with Gasteiger partial charge < -0.3 is 0 Å². The number of thiazole rings is 1. The summed E-state index contributed by atoms with van der Waals surface area (Å²) in [6, 6.07) is 7.94. The van der Waals surface area contributed by atoms with E-state index in [2.05, 4.69) is 31.4 Å². The second kappa shape index (κ2) is 9.85. The summed E-state index contributed by atoms with van der Waals surface area (Å²) in [7, 11) is -1.05. The molecule has 3 heterocycles. The van der Waals surface area contributed by atoms with E-state index in [1.54, 1.807) is 35.3 Å². The molecule has 0 bridgehead atoms. The lowest BCUT2D eigenvalue weighted by atomic mass is 9.61. The average molecular weight is 591 g/mol. The second-order valence-corrected chi connectivity index (χ2v) is 14.5. The van der Waals surface area contributed by atoms with Crippen LogP contribution in [0.25, 0.3) is 11.8 Å². The van der Waals surface area contributed by atoms with E-state index in [1.165, 1.54) is 23.5 Å². The standard InChI is InChI=1S/C30H31FN6O2S2/c1-35-13-11-27(34-35)41(2,39)36(19-20-3-4-20)25-8-5-22-15-26-21(18-33-37(26)24-9-6-23(31)7-10-24)16-30(22,17-25)28(38)29-32-12-14-40-29/h6-7,9-15,18,20,25H,2-5,8,16-17,19H2,1H3/t25-,30-,41?/m0/s1. The van der Waals surface area contributed by atoms with E-state index in [9.17, 15) is 13.4 Å². The van der Waals surface area contributed by atoms with Crippen LogP contribution >= 0.6 is 11.3 Å². The molecule has 2 saturated carbocycles. The van der Waals surface area contributed by atoms with E-state index in [0.717, 1.165) is 41.8 Å². The van der Waals surface area contributed by atoms with Crippen molar-refractivity contribution in [3.63, 3.8) is 0 Å². The van der Waals surface area contributed by atoms with Gasteiger partial charge in [0.2, 0.25) is 5.78 Å². The molecule has 3 aliphatic carbocycles. The van der Waals surface area contributed by atoms with Gasteiger partial charge in [0.05, 0.1) is 32.7 Å². The molecule has 1 unspecified atom stereocenters. The van der Waals surface area contributed by atoms with E-state index in [-0.39, 0.29) is 17.6 Å². The Morgan fingerprint density at radius 3 is 2.73 bits per heavy atom. The molecule has 7 rings (SSSR count). The number of aromatic nitrogens is 5. The molecule has 212 valence electrons. The minimum atomic E-state index is -2.86. The minimum Gasteiger partial charge on any atom is -0.290 e. The average Bonchev–Trinajstić information content (AvgIpc) is 3.31. The highest BCUT2D eigenvalue weighted by molar-refractivity contribution is 7.98. The zero-order valence-electron chi connectivity index (χ0n) is 22.8. The van der Waals surface area contributed by atoms with Crippen molar-refractivity contribution >= 4 is 38.8 Å². The van der Waals surface area contributed by atoms with Gasteiger partial charge in [0.25, 0.3) is 0 Å². The Kier molecular flexibility index (Phi) is 6.36. The second-order valence-electron chi connectivity index (χ2n) is 11.4. The van der Waals surface area contributed by atoms with Gasteiger partial charge in [0.1, 0.15) is 5.82 Å². The van der Waals surface area contributed by atoms with Crippen LogP contribution in [0.2, 0.25) is 0 Å². The Morgan fingerprint density at radius 1 is 1.24 bits per heavy atom. The molecule has 2 fully saturated rings. The van der Waals surface area contributed by atoms with Gasteiger partial charge in [-0.2, -0.15) is 10.2 Å². The van der Waals surface area contributed by atoms with Crippen LogP contribution in [-0.4, -0.2) is 57.3 Å². The number of hydrogen-bond acceptors (Lipinski definition) is 6. The predicted molar refractivity (Wildman–Crippen MR) is 158 cm³/mol. The monoisotopic (exact) mass is 590 g/mol. The van der Waals surface area contributed by atoms with Crippen molar-refractivity contribution < 1.29 is 13.4 Å². The first-order valence-corrected chi connectivity index (χ1v) is 16.4. The molecule has 3 aromatic heterocycles. The number of rotatable bonds is 8. The van der Waals surface area contributed by atoms with Gasteiger partial charge in [0, 0.05) is 37.4 Å². The fourth-order valence-corrected chi connectivity index (χ4v) is 8.96. The maximum Gasteiger partial charge on any atom is 0.201 e. The third-order valence-corrected chi connectivity index (χ3v) is 11.6. The number of carbonyl (C=O) groups is 1. The summed E-state index contributed by atoms with van der Waals surface area (Å²) in [5.74, 6) is 4.42. The first kappa shape index (κ1) is 26.5. The van der Waals surface area contributed by atoms with Crippen LogP contribution in [-0.2, 0) is 23.2 Å². The highest BCUT2D eigenvalue weighted by atomic mass is 32.2. The quantitative estimate of drug-likeness (QED) is 0.214. The lowest BCUT2D eigenvalue weighted by Gasteiger charge is -2.47. The van der Waals surface area contributed by atoms with Crippen LogP contribution < -0.4 is 0 Å². The molecule has 1 aromatic carbocycles. The molecule has 11 heteroatoms. The molecular weight excluding hydrogens is 560 g/mol. The molecule has 0 aliphatic heterocycles. The highest BCUT2D eigenvalue weighted by Crippen LogP contribution is 2.52. The molecule has 0 N–H and O–H groups in total. The predicted octanol–water partition coefficient (Wildman–Crippen LogP) is 4.97. The number of hydrogen-bond donors (Lipinski definition) is 0. The SMILES string of the molecule is C=S(=O)(c1ccn(C)n1)N(CC1CC1)[C@H]1CCC2=Cc3c(cnn3-c3ccc(F)cc3)C[C@]2(C(=O)c2nccs2)C1. The van der Waals surface area contributed by atoms with Crippen molar-refractivity contribution in [3.8, 4) is 5.69 Å². The Bertz CT molecular complexity index is 1750. The lowest BCUT2D eigenvalue weighted by Crippen LogP contribution is -2.51. The Labute approximate surface area is 242 Å². The van der Waals surface area contributed by atoms with Crippen molar-refractivity contribution in [3.05, 3.63) is 82.0 Å². The first-order valence-electron chi connectivity index (χ1n) is 13.9. The molecule has 0 spiro atoms. The third-order valence-electron chi connectivity index (χ3n) is 8.70. The fourth-order valence-electron chi connectivity index (χ4n) is 6.41. The molecule has 8 nitrogen and oxygen atoms in total. The largest absolute Gasteiger partial charge is 0.290 e. The Morgan fingerprint density at radius 2 is 2.05 bits per heavy atom. The van der Waals surface area contributed by atoms with Gasteiger partial charge in [-0.1, -0.05) is 5.57 Å². The molecule has 0 radical (unpaired) electrons. The molecule has 3 atom stereocenters. The van der Waals surface area contributed by atoms with Gasteiger partial charge in [-0.25, -0.2) is 22.6 Å². The summed E-state index contributed by atoms with van der Waals surface area (Å²) in [6.45, 7) is 0.678. The van der Waals surface area contributed by atoms with Gasteiger partial charge in [-0.3, -0.25) is 9.48 Å². The number of Topliss-reactive ketones (excluding diaryl/α,β-unsaturated/α-hetero) is 1. The number of ketones is 1. The van der Waals surface area contributed by atoms with Crippen molar-refractivity contribution in [2.24, 2.45) is 18.4 Å². The van der Waals surface area contributed by atoms with Crippen LogP contribution in [0.15, 0.2) is 64.9 Å². The molecule has 0 saturated heterocycles. The Balaban J connectivity index is 1.30. The lowest BCUT2D eigenvalue weighted by molar-refractivity contribution is 0.0743. The van der Waals surface area contributed by atoms with Crippen molar-refractivity contribution in [1.82, 2.24) is 28.9 Å². The van der Waals surface area contributed by atoms with Gasteiger partial charge >= 0.3 is 0 Å². The summed E-state index contributed by atoms with van der Waals surface area (Å²) in [5, 5.41) is 11.9. The normalized spacial score (nSPS) is 23.5. The van der Waals surface area contributed by atoms with E-state index in [0.29, 0.717) is 41.8 Å². The van der Waals surface area contributed by atoms with Crippen LogP contribution in [0, 0.1) is 17.2 Å². The maximum absolute atomic E-state index is 14.4. The summed E-state index contributed by atoms with van der Waals surface area (Å²) >= 11 is 1.36. The first-order chi connectivity index (χ1) is 19.7. The van der Waals surface area contributed by atoms with Gasteiger partial charge in [-0.15, -0.1) is 11.3 Å². The van der Waals surface area contributed by atoms with Crippen LogP contribution in [0.3, 0.4) is 0 Å². The number of benzene rings is 1. The van der Waals surface area contributed by atoms with E-state index >= 15 is 0 Å². The van der Waals surface area contributed by atoms with Crippen molar-refractivity contribution in [1.29, 1.82) is 0 Å². The van der Waals surface area contributed by atoms with Crippen LogP contribution in [0.5, 0.6) is 0 Å².